The number of ether oxygens (including phenoxy) is 1. The molecule has 1 amide bonds. The summed E-state index contributed by atoms with van der Waals surface area (Å²) >= 11 is 1.58. The van der Waals surface area contributed by atoms with Crippen LogP contribution in [-0.4, -0.2) is 24.5 Å². The Morgan fingerprint density at radius 2 is 1.97 bits per heavy atom. The summed E-state index contributed by atoms with van der Waals surface area (Å²) in [6.07, 6.45) is 0. The van der Waals surface area contributed by atoms with Crippen molar-refractivity contribution in [1.29, 1.82) is 0 Å². The number of benzene rings is 3. The number of nitrogens with two attached hydrogens (primary N) is 1. The van der Waals surface area contributed by atoms with E-state index in [4.69, 9.17) is 10.5 Å². The molecule has 31 heavy (non-hydrogen) atoms. The van der Waals surface area contributed by atoms with Gasteiger partial charge in [0.1, 0.15) is 5.75 Å². The van der Waals surface area contributed by atoms with Gasteiger partial charge in [-0.1, -0.05) is 42.5 Å². The van der Waals surface area contributed by atoms with Crippen molar-refractivity contribution in [2.24, 2.45) is 10.7 Å². The molecule has 158 valence electrons. The van der Waals surface area contributed by atoms with E-state index in [-0.39, 0.29) is 11.4 Å². The lowest BCUT2D eigenvalue weighted by molar-refractivity contribution is 0.102. The van der Waals surface area contributed by atoms with Gasteiger partial charge in [-0.3, -0.25) is 10.2 Å². The molecule has 3 aromatic carbocycles. The molecule has 0 bridgehead atoms. The Morgan fingerprint density at radius 1 is 1.13 bits per heavy atom. The van der Waals surface area contributed by atoms with Gasteiger partial charge in [0.15, 0.2) is 5.50 Å². The molecule has 0 fully saturated rings. The van der Waals surface area contributed by atoms with Crippen LogP contribution in [0.15, 0.2) is 77.8 Å². The fourth-order valence-electron chi connectivity index (χ4n) is 3.21. The highest BCUT2D eigenvalue weighted by Crippen LogP contribution is 2.32. The number of aliphatic imine (C=N–C) groups is 1. The lowest BCUT2D eigenvalue weighted by Gasteiger charge is -2.12. The molecule has 4 rings (SSSR count). The second-order valence-corrected chi connectivity index (χ2v) is 7.95. The van der Waals surface area contributed by atoms with Gasteiger partial charge in [0.05, 0.1) is 7.11 Å². The average molecular weight is 434 g/mol. The van der Waals surface area contributed by atoms with Crippen molar-refractivity contribution in [2.45, 2.75) is 11.3 Å². The number of hydrogen-bond acceptors (Lipinski definition) is 7. The van der Waals surface area contributed by atoms with Gasteiger partial charge >= 0.3 is 0 Å². The quantitative estimate of drug-likeness (QED) is 0.455. The van der Waals surface area contributed by atoms with Crippen molar-refractivity contribution >= 4 is 29.3 Å². The zero-order valence-corrected chi connectivity index (χ0v) is 17.8. The number of guanidine groups is 1. The molecule has 1 aliphatic rings. The van der Waals surface area contributed by atoms with E-state index in [0.717, 1.165) is 16.7 Å². The van der Waals surface area contributed by atoms with Crippen molar-refractivity contribution in [1.82, 2.24) is 10.9 Å². The fraction of sp³-hybridized carbons (Fsp3) is 0.130. The zero-order valence-electron chi connectivity index (χ0n) is 17.0. The van der Waals surface area contributed by atoms with Gasteiger partial charge in [0.2, 0.25) is 5.96 Å². The molecule has 0 spiro atoms. The van der Waals surface area contributed by atoms with Crippen molar-refractivity contribution in [3.05, 3.63) is 83.9 Å². The largest absolute Gasteiger partial charge is 0.496 e. The minimum atomic E-state index is -0.177. The molecule has 0 saturated heterocycles. The lowest BCUT2D eigenvalue weighted by atomic mass is 10.0. The number of carbonyl (C=O) groups is 1. The van der Waals surface area contributed by atoms with Gasteiger partial charge in [0, 0.05) is 28.6 Å². The van der Waals surface area contributed by atoms with Gasteiger partial charge in [-0.15, -0.1) is 11.8 Å². The topological polar surface area (TPSA) is 101 Å². The van der Waals surface area contributed by atoms with Crippen molar-refractivity contribution in [2.75, 3.05) is 12.4 Å². The number of hydrogen-bond donors (Lipinski definition) is 4. The van der Waals surface area contributed by atoms with Crippen LogP contribution in [0.1, 0.15) is 15.9 Å². The molecule has 0 aromatic heterocycles. The van der Waals surface area contributed by atoms with E-state index in [0.29, 0.717) is 28.7 Å². The number of nitrogens with one attached hydrogen (secondary N) is 3. The van der Waals surface area contributed by atoms with Crippen LogP contribution < -0.4 is 26.6 Å². The normalized spacial score (nSPS) is 15.1. The van der Waals surface area contributed by atoms with Gasteiger partial charge in [-0.25, -0.2) is 10.4 Å². The van der Waals surface area contributed by atoms with Crippen LogP contribution in [0.5, 0.6) is 5.75 Å². The van der Waals surface area contributed by atoms with E-state index in [1.165, 1.54) is 0 Å². The number of nitrogens with zero attached hydrogens (tertiary/aromatic N) is 1. The van der Waals surface area contributed by atoms with Gasteiger partial charge in [0.25, 0.3) is 5.91 Å². The molecule has 3 aromatic rings. The maximum Gasteiger partial charge on any atom is 0.255 e. The SMILES string of the molecule is COc1cc(NC(=O)c2cccc(CSC3N=C(N)NN3)c2)ccc1-c1ccccc1. The Hall–Kier alpha value is -3.49. The minimum absolute atomic E-state index is 0.145. The van der Waals surface area contributed by atoms with Crippen LogP contribution in [0, 0.1) is 0 Å². The summed E-state index contributed by atoms with van der Waals surface area (Å²) in [6.45, 7) is 0. The highest BCUT2D eigenvalue weighted by atomic mass is 32.2. The third-order valence-electron chi connectivity index (χ3n) is 4.72. The lowest BCUT2D eigenvalue weighted by Crippen LogP contribution is -2.37. The predicted molar refractivity (Wildman–Crippen MR) is 126 cm³/mol. The number of methoxy groups -OCH3 is 1. The van der Waals surface area contributed by atoms with E-state index in [1.54, 1.807) is 24.9 Å². The van der Waals surface area contributed by atoms with Gasteiger partial charge < -0.3 is 15.8 Å². The first-order valence-corrected chi connectivity index (χ1v) is 10.8. The summed E-state index contributed by atoms with van der Waals surface area (Å²) in [5.41, 5.74) is 15.5. The maximum absolute atomic E-state index is 12.8. The Kier molecular flexibility index (Phi) is 6.40. The second-order valence-electron chi connectivity index (χ2n) is 6.88. The molecule has 1 aliphatic heterocycles. The Balaban J connectivity index is 1.44. The van der Waals surface area contributed by atoms with Crippen LogP contribution in [0.2, 0.25) is 0 Å². The number of rotatable bonds is 7. The minimum Gasteiger partial charge on any atom is -0.496 e. The second kappa shape index (κ2) is 9.55. The van der Waals surface area contributed by atoms with E-state index < -0.39 is 0 Å². The summed E-state index contributed by atoms with van der Waals surface area (Å²) in [5.74, 6) is 1.59. The molecule has 0 aliphatic carbocycles. The Bertz CT molecular complexity index is 1100. The third-order valence-corrected chi connectivity index (χ3v) is 5.76. The highest BCUT2D eigenvalue weighted by molar-refractivity contribution is 7.99. The standard InChI is InChI=1S/C23H23N5O2S/c1-30-20-13-18(10-11-19(20)16-7-3-2-4-8-16)25-21(29)17-9-5-6-15(12-17)14-31-23-26-22(24)27-28-23/h2-13,23,28H,14H2,1H3,(H,25,29)(H3,24,26,27). The van der Waals surface area contributed by atoms with E-state index in [2.05, 4.69) is 21.2 Å². The maximum atomic E-state index is 12.8. The number of thioether (sulfide) groups is 1. The summed E-state index contributed by atoms with van der Waals surface area (Å²) in [6, 6.07) is 23.2. The Labute approximate surface area is 185 Å². The molecule has 1 heterocycles. The third kappa shape index (κ3) is 5.17. The molecule has 5 N–H and O–H groups in total. The first-order valence-electron chi connectivity index (χ1n) is 9.72. The van der Waals surface area contributed by atoms with Crippen molar-refractivity contribution in [3.8, 4) is 16.9 Å². The first-order chi connectivity index (χ1) is 15.1. The highest BCUT2D eigenvalue weighted by Gasteiger charge is 2.15. The molecular weight excluding hydrogens is 410 g/mol. The summed E-state index contributed by atoms with van der Waals surface area (Å²) < 4.78 is 5.55. The zero-order chi connectivity index (χ0) is 21.6. The molecule has 7 nitrogen and oxygen atoms in total. The van der Waals surface area contributed by atoms with Crippen LogP contribution in [-0.2, 0) is 5.75 Å². The van der Waals surface area contributed by atoms with E-state index in [9.17, 15) is 4.79 Å². The summed E-state index contributed by atoms with van der Waals surface area (Å²) in [4.78, 5) is 17.0. The molecule has 8 heteroatoms. The summed E-state index contributed by atoms with van der Waals surface area (Å²) in [5, 5.41) is 2.96. The van der Waals surface area contributed by atoms with Gasteiger partial charge in [-0.05, 0) is 35.4 Å². The fourth-order valence-corrected chi connectivity index (χ4v) is 4.07. The van der Waals surface area contributed by atoms with Crippen LogP contribution >= 0.6 is 11.8 Å². The molecule has 0 saturated carbocycles. The number of amides is 1. The monoisotopic (exact) mass is 433 g/mol. The van der Waals surface area contributed by atoms with Gasteiger partial charge in [-0.2, -0.15) is 0 Å². The van der Waals surface area contributed by atoms with Crippen molar-refractivity contribution in [3.63, 3.8) is 0 Å². The number of hydrazine groups is 1. The van der Waals surface area contributed by atoms with Crippen molar-refractivity contribution < 1.29 is 9.53 Å². The summed E-state index contributed by atoms with van der Waals surface area (Å²) in [7, 11) is 1.63. The number of carbonyl (C=O) groups excluding carboxylic acids is 1. The van der Waals surface area contributed by atoms with Crippen LogP contribution in [0.4, 0.5) is 5.69 Å². The predicted octanol–water partition coefficient (Wildman–Crippen LogP) is 3.55. The smallest absolute Gasteiger partial charge is 0.255 e. The van der Waals surface area contributed by atoms with Crippen LogP contribution in [0.3, 0.4) is 0 Å². The number of anilines is 1. The molecule has 0 radical (unpaired) electrons. The Morgan fingerprint density at radius 3 is 2.71 bits per heavy atom. The van der Waals surface area contributed by atoms with E-state index >= 15 is 0 Å². The molecular formula is C23H23N5O2S. The average Bonchev–Trinajstić information content (AvgIpc) is 3.23. The first kappa shape index (κ1) is 20.8. The van der Waals surface area contributed by atoms with E-state index in [1.807, 2.05) is 66.7 Å². The van der Waals surface area contributed by atoms with Crippen LogP contribution in [0.25, 0.3) is 11.1 Å². The molecule has 1 unspecified atom stereocenters. The molecule has 1 atom stereocenters.